The van der Waals surface area contributed by atoms with E-state index >= 15 is 0 Å². The molecule has 0 radical (unpaired) electrons. The van der Waals surface area contributed by atoms with Crippen LogP contribution >= 0.6 is 0 Å². The summed E-state index contributed by atoms with van der Waals surface area (Å²) in [5, 5.41) is 2.10. The van der Waals surface area contributed by atoms with Crippen LogP contribution in [0, 0.1) is 0 Å². The Hall–Kier alpha value is -1.12. The smallest absolute Gasteiger partial charge is 0.253 e. The maximum atomic E-state index is 10.4. The minimum absolute atomic E-state index is 0.282. The van der Waals surface area contributed by atoms with Gasteiger partial charge in [-0.3, -0.25) is 14.9 Å². The van der Waals surface area contributed by atoms with Crippen LogP contribution < -0.4 is 5.32 Å². The Morgan fingerprint density at radius 1 is 1.30 bits per heavy atom. The zero-order chi connectivity index (χ0) is 8.15. The third-order valence-corrected chi connectivity index (χ3v) is 0.942. The fourth-order valence-electron chi connectivity index (χ4n) is 0.509. The fraction of sp³-hybridized carbons (Fsp3) is 0.429. The van der Waals surface area contributed by atoms with E-state index in [4.69, 9.17) is 0 Å². The topological polar surface area (TPSA) is 46.2 Å². The molecule has 0 aromatic rings. The first kappa shape index (κ1) is 8.88. The van der Waals surface area contributed by atoms with Crippen LogP contribution in [0.25, 0.3) is 0 Å². The van der Waals surface area contributed by atoms with Crippen molar-refractivity contribution in [3.8, 4) is 0 Å². The second-order valence-corrected chi connectivity index (χ2v) is 1.65. The van der Waals surface area contributed by atoms with Gasteiger partial charge in [-0.1, -0.05) is 13.8 Å². The van der Waals surface area contributed by atoms with Crippen LogP contribution in [0.2, 0.25) is 0 Å². The van der Waals surface area contributed by atoms with Gasteiger partial charge in [-0.05, 0) is 6.92 Å². The third-order valence-electron chi connectivity index (χ3n) is 0.942. The number of carbonyl (C=O) groups excluding carboxylic acids is 2. The third kappa shape index (κ3) is 2.01. The van der Waals surface area contributed by atoms with E-state index in [2.05, 4.69) is 5.32 Å². The van der Waals surface area contributed by atoms with Crippen molar-refractivity contribution < 1.29 is 9.59 Å². The average molecular weight is 141 g/mol. The highest BCUT2D eigenvalue weighted by atomic mass is 16.2. The van der Waals surface area contributed by atoms with Crippen LogP contribution in [0.5, 0.6) is 0 Å². The van der Waals surface area contributed by atoms with Crippen LogP contribution in [0.4, 0.5) is 0 Å². The van der Waals surface area contributed by atoms with Crippen molar-refractivity contribution in [1.29, 1.82) is 0 Å². The summed E-state index contributed by atoms with van der Waals surface area (Å²) < 4.78 is 0. The van der Waals surface area contributed by atoms with E-state index in [0.29, 0.717) is 5.57 Å². The van der Waals surface area contributed by atoms with Crippen molar-refractivity contribution in [3.63, 3.8) is 0 Å². The standard InChI is InChI=1S/C5H5NO2.C2H6/c1-3-2-4(7)6-5(3)8;1-2/h2H,1H3,(H,6,7,8);1-2H3. The molecule has 0 unspecified atom stereocenters. The molecule has 1 heterocycles. The number of amides is 2. The first-order valence-electron chi connectivity index (χ1n) is 3.24. The second kappa shape index (κ2) is 3.82. The molecule has 1 aliphatic heterocycles. The van der Waals surface area contributed by atoms with Gasteiger partial charge in [0, 0.05) is 11.6 Å². The van der Waals surface area contributed by atoms with Gasteiger partial charge in [0.1, 0.15) is 0 Å². The van der Waals surface area contributed by atoms with Crippen molar-refractivity contribution in [2.24, 2.45) is 0 Å². The van der Waals surface area contributed by atoms with Gasteiger partial charge >= 0.3 is 0 Å². The van der Waals surface area contributed by atoms with E-state index in [0.717, 1.165) is 0 Å². The minimum atomic E-state index is -0.312. The quantitative estimate of drug-likeness (QED) is 0.502. The van der Waals surface area contributed by atoms with Crippen LogP contribution in [0.1, 0.15) is 20.8 Å². The highest BCUT2D eigenvalue weighted by molar-refractivity contribution is 6.15. The summed E-state index contributed by atoms with van der Waals surface area (Å²) in [7, 11) is 0. The van der Waals surface area contributed by atoms with Gasteiger partial charge in [0.05, 0.1) is 0 Å². The van der Waals surface area contributed by atoms with Crippen LogP contribution in [-0.4, -0.2) is 11.8 Å². The van der Waals surface area contributed by atoms with Crippen molar-refractivity contribution in [2.45, 2.75) is 20.8 Å². The molecule has 1 N–H and O–H groups in total. The molecule has 1 aliphatic rings. The number of imide groups is 1. The highest BCUT2D eigenvalue weighted by Gasteiger charge is 2.15. The monoisotopic (exact) mass is 141 g/mol. The molecule has 0 aliphatic carbocycles. The molecule has 10 heavy (non-hydrogen) atoms. The van der Waals surface area contributed by atoms with E-state index in [1.165, 1.54) is 6.08 Å². The summed E-state index contributed by atoms with van der Waals surface area (Å²) in [6, 6.07) is 0. The molecule has 1 rings (SSSR count). The van der Waals surface area contributed by atoms with Crippen LogP contribution in [-0.2, 0) is 9.59 Å². The van der Waals surface area contributed by atoms with Crippen molar-refractivity contribution in [1.82, 2.24) is 5.32 Å². The minimum Gasteiger partial charge on any atom is -0.289 e. The Kier molecular flexibility index (Phi) is 3.39. The van der Waals surface area contributed by atoms with Gasteiger partial charge < -0.3 is 0 Å². The Bertz CT molecular complexity index is 182. The summed E-state index contributed by atoms with van der Waals surface area (Å²) in [4.78, 5) is 20.6. The van der Waals surface area contributed by atoms with E-state index in [-0.39, 0.29) is 11.8 Å². The maximum Gasteiger partial charge on any atom is 0.253 e. The number of rotatable bonds is 0. The molecular weight excluding hydrogens is 130 g/mol. The summed E-state index contributed by atoms with van der Waals surface area (Å²) in [5.74, 6) is -0.595. The number of nitrogens with one attached hydrogen (secondary N) is 1. The molecule has 2 amide bonds. The summed E-state index contributed by atoms with van der Waals surface area (Å²) in [6.45, 7) is 5.60. The molecule has 3 heteroatoms. The Morgan fingerprint density at radius 3 is 1.90 bits per heavy atom. The van der Waals surface area contributed by atoms with Gasteiger partial charge in [-0.15, -0.1) is 0 Å². The molecule has 0 aromatic carbocycles. The van der Waals surface area contributed by atoms with Crippen LogP contribution in [0.15, 0.2) is 11.6 Å². The van der Waals surface area contributed by atoms with E-state index in [9.17, 15) is 9.59 Å². The molecular formula is C7H11NO2. The van der Waals surface area contributed by atoms with E-state index in [1.807, 2.05) is 13.8 Å². The van der Waals surface area contributed by atoms with E-state index < -0.39 is 0 Å². The lowest BCUT2D eigenvalue weighted by Crippen LogP contribution is -2.21. The number of hydrogen-bond donors (Lipinski definition) is 1. The normalized spacial score (nSPS) is 15.3. The Morgan fingerprint density at radius 2 is 1.80 bits per heavy atom. The Balaban J connectivity index is 0.000000371. The maximum absolute atomic E-state index is 10.4. The van der Waals surface area contributed by atoms with Gasteiger partial charge in [0.15, 0.2) is 0 Å². The fourth-order valence-corrected chi connectivity index (χ4v) is 0.509. The van der Waals surface area contributed by atoms with Gasteiger partial charge in [-0.25, -0.2) is 0 Å². The summed E-state index contributed by atoms with van der Waals surface area (Å²) in [6.07, 6.45) is 1.28. The lowest BCUT2D eigenvalue weighted by molar-refractivity contribution is -0.123. The predicted octanol–water partition coefficient (Wildman–Crippen LogP) is 0.615. The molecule has 0 saturated heterocycles. The first-order chi connectivity index (χ1) is 4.70. The highest BCUT2D eigenvalue weighted by Crippen LogP contribution is 1.97. The first-order valence-corrected chi connectivity index (χ1v) is 3.24. The Labute approximate surface area is 60.1 Å². The zero-order valence-electron chi connectivity index (χ0n) is 6.39. The molecule has 0 atom stereocenters. The largest absolute Gasteiger partial charge is 0.289 e. The molecule has 3 nitrogen and oxygen atoms in total. The van der Waals surface area contributed by atoms with Gasteiger partial charge in [0.25, 0.3) is 11.8 Å². The summed E-state index contributed by atoms with van der Waals surface area (Å²) in [5.41, 5.74) is 0.481. The lowest BCUT2D eigenvalue weighted by atomic mass is 10.3. The molecule has 0 fully saturated rings. The summed E-state index contributed by atoms with van der Waals surface area (Å²) >= 11 is 0. The molecule has 0 saturated carbocycles. The van der Waals surface area contributed by atoms with Crippen molar-refractivity contribution in [3.05, 3.63) is 11.6 Å². The molecule has 0 bridgehead atoms. The molecule has 0 aromatic heterocycles. The average Bonchev–Trinajstić information content (AvgIpc) is 2.16. The molecule has 56 valence electrons. The molecule has 0 spiro atoms. The van der Waals surface area contributed by atoms with E-state index in [1.54, 1.807) is 6.92 Å². The van der Waals surface area contributed by atoms with Gasteiger partial charge in [0.2, 0.25) is 0 Å². The lowest BCUT2D eigenvalue weighted by Gasteiger charge is -1.84. The zero-order valence-corrected chi connectivity index (χ0v) is 6.39. The SMILES string of the molecule is CC.CC1=CC(=O)NC1=O. The number of hydrogen-bond acceptors (Lipinski definition) is 2. The second-order valence-electron chi connectivity index (χ2n) is 1.65. The van der Waals surface area contributed by atoms with Crippen LogP contribution in [0.3, 0.4) is 0 Å². The predicted molar refractivity (Wildman–Crippen MR) is 38.3 cm³/mol. The van der Waals surface area contributed by atoms with Crippen molar-refractivity contribution >= 4 is 11.8 Å². The van der Waals surface area contributed by atoms with Gasteiger partial charge in [-0.2, -0.15) is 0 Å². The van der Waals surface area contributed by atoms with Crippen molar-refractivity contribution in [2.75, 3.05) is 0 Å². The number of carbonyl (C=O) groups is 2.